The van der Waals surface area contributed by atoms with Crippen LogP contribution in [0.3, 0.4) is 0 Å². The Balaban J connectivity index is 1.41. The van der Waals surface area contributed by atoms with E-state index in [1.54, 1.807) is 9.80 Å². The number of likely N-dealkylation sites (tertiary alicyclic amines) is 2. The average Bonchev–Trinajstić information content (AvgIpc) is 3.24. The third-order valence-corrected chi connectivity index (χ3v) is 5.45. The predicted octanol–water partition coefficient (Wildman–Crippen LogP) is 2.22. The molecule has 0 atom stereocenters. The van der Waals surface area contributed by atoms with E-state index in [0.717, 1.165) is 24.3 Å². The van der Waals surface area contributed by atoms with Gasteiger partial charge >= 0.3 is 0 Å². The summed E-state index contributed by atoms with van der Waals surface area (Å²) in [5.41, 5.74) is 0.433. The number of hydrogen-bond acceptors (Lipinski definition) is 4. The smallest absolute Gasteiger partial charge is 0.254 e. The molecule has 0 radical (unpaired) electrons. The van der Waals surface area contributed by atoms with E-state index >= 15 is 0 Å². The van der Waals surface area contributed by atoms with Crippen LogP contribution < -0.4 is 0 Å². The molecule has 28 heavy (non-hydrogen) atoms. The summed E-state index contributed by atoms with van der Waals surface area (Å²) >= 11 is 0. The zero-order valence-corrected chi connectivity index (χ0v) is 14.8. The van der Waals surface area contributed by atoms with Crippen LogP contribution in [0.25, 0.3) is 0 Å². The minimum Gasteiger partial charge on any atom is -0.505 e. The van der Waals surface area contributed by atoms with E-state index in [4.69, 9.17) is 0 Å². The molecular weight excluding hydrogens is 370 g/mol. The second kappa shape index (κ2) is 6.78. The van der Waals surface area contributed by atoms with Gasteiger partial charge < -0.3 is 20.0 Å². The Morgan fingerprint density at radius 3 is 1.43 bits per heavy atom. The normalized spacial score (nSPS) is 21.1. The van der Waals surface area contributed by atoms with Crippen molar-refractivity contribution in [2.45, 2.75) is 0 Å². The third-order valence-electron chi connectivity index (χ3n) is 5.45. The lowest BCUT2D eigenvalue weighted by Gasteiger charge is -2.22. The highest BCUT2D eigenvalue weighted by molar-refractivity contribution is 5.96. The summed E-state index contributed by atoms with van der Waals surface area (Å²) in [7, 11) is 0. The molecule has 0 saturated carbocycles. The van der Waals surface area contributed by atoms with Crippen LogP contribution in [0.5, 0.6) is 11.5 Å². The van der Waals surface area contributed by atoms with Gasteiger partial charge in [0.1, 0.15) is 0 Å². The lowest BCUT2D eigenvalue weighted by atomic mass is 10.0. The van der Waals surface area contributed by atoms with Crippen LogP contribution in [-0.4, -0.2) is 58.0 Å². The molecule has 8 heteroatoms. The summed E-state index contributed by atoms with van der Waals surface area (Å²) in [4.78, 5) is 28.5. The Morgan fingerprint density at radius 1 is 0.750 bits per heavy atom. The molecular formula is C20H18F2N2O4. The Bertz CT molecular complexity index is 876. The van der Waals surface area contributed by atoms with Gasteiger partial charge in [0.2, 0.25) is 0 Å². The minimum absolute atomic E-state index is 0.107. The zero-order chi connectivity index (χ0) is 20.0. The van der Waals surface area contributed by atoms with Crippen molar-refractivity contribution in [1.29, 1.82) is 0 Å². The molecule has 2 aliphatic heterocycles. The number of carbonyl (C=O) groups excluding carboxylic acids is 2. The molecule has 2 aromatic carbocycles. The third kappa shape index (κ3) is 3.15. The number of fused-ring (bicyclic) bond motifs is 1. The summed E-state index contributed by atoms with van der Waals surface area (Å²) in [5.74, 6) is -3.05. The van der Waals surface area contributed by atoms with Gasteiger partial charge in [0.05, 0.1) is 0 Å². The first-order chi connectivity index (χ1) is 13.3. The topological polar surface area (TPSA) is 81.1 Å². The SMILES string of the molecule is O=C(c1ccc(F)c(O)c1)N1CC2CN(C(=O)c3ccc(F)c(O)c3)CC2C1. The van der Waals surface area contributed by atoms with E-state index in [-0.39, 0.29) is 34.8 Å². The maximum atomic E-state index is 13.2. The van der Waals surface area contributed by atoms with E-state index in [0.29, 0.717) is 26.2 Å². The maximum Gasteiger partial charge on any atom is 0.254 e. The fourth-order valence-corrected chi connectivity index (χ4v) is 3.98. The summed E-state index contributed by atoms with van der Waals surface area (Å²) in [5, 5.41) is 18.9. The van der Waals surface area contributed by atoms with Crippen molar-refractivity contribution in [2.75, 3.05) is 26.2 Å². The molecule has 2 heterocycles. The number of aromatic hydroxyl groups is 2. The van der Waals surface area contributed by atoms with Crippen LogP contribution in [0.2, 0.25) is 0 Å². The van der Waals surface area contributed by atoms with E-state index in [1.165, 1.54) is 12.1 Å². The highest BCUT2D eigenvalue weighted by atomic mass is 19.1. The fraction of sp³-hybridized carbons (Fsp3) is 0.300. The molecule has 2 aromatic rings. The highest BCUT2D eigenvalue weighted by Gasteiger charge is 2.43. The van der Waals surface area contributed by atoms with Gasteiger partial charge in [-0.25, -0.2) is 8.78 Å². The number of benzene rings is 2. The van der Waals surface area contributed by atoms with Gasteiger partial charge in [-0.1, -0.05) is 0 Å². The molecule has 0 aliphatic carbocycles. The van der Waals surface area contributed by atoms with Crippen molar-refractivity contribution in [1.82, 2.24) is 9.80 Å². The van der Waals surface area contributed by atoms with Crippen molar-refractivity contribution in [3.63, 3.8) is 0 Å². The minimum atomic E-state index is -0.782. The Kier molecular flexibility index (Phi) is 4.41. The van der Waals surface area contributed by atoms with Crippen LogP contribution in [-0.2, 0) is 0 Å². The zero-order valence-electron chi connectivity index (χ0n) is 14.8. The Morgan fingerprint density at radius 2 is 1.11 bits per heavy atom. The van der Waals surface area contributed by atoms with E-state index in [9.17, 15) is 28.6 Å². The number of nitrogens with zero attached hydrogens (tertiary/aromatic N) is 2. The largest absolute Gasteiger partial charge is 0.505 e. The van der Waals surface area contributed by atoms with Gasteiger partial charge in [0.25, 0.3) is 11.8 Å². The van der Waals surface area contributed by atoms with Gasteiger partial charge in [-0.2, -0.15) is 0 Å². The predicted molar refractivity (Wildman–Crippen MR) is 94.9 cm³/mol. The summed E-state index contributed by atoms with van der Waals surface area (Å²) in [6.07, 6.45) is 0. The van der Waals surface area contributed by atoms with E-state index in [2.05, 4.69) is 0 Å². The van der Waals surface area contributed by atoms with Crippen LogP contribution in [0.1, 0.15) is 20.7 Å². The molecule has 146 valence electrons. The second-order valence-electron chi connectivity index (χ2n) is 7.27. The molecule has 2 saturated heterocycles. The van der Waals surface area contributed by atoms with E-state index in [1.807, 2.05) is 0 Å². The molecule has 4 rings (SSSR count). The van der Waals surface area contributed by atoms with Gasteiger partial charge in [-0.05, 0) is 36.4 Å². The molecule has 0 spiro atoms. The van der Waals surface area contributed by atoms with Gasteiger partial charge in [0.15, 0.2) is 23.1 Å². The van der Waals surface area contributed by atoms with Crippen LogP contribution in [0, 0.1) is 23.5 Å². The average molecular weight is 388 g/mol. The first kappa shape index (κ1) is 18.2. The summed E-state index contributed by atoms with van der Waals surface area (Å²) < 4.78 is 26.4. The van der Waals surface area contributed by atoms with E-state index < -0.39 is 23.1 Å². The lowest BCUT2D eigenvalue weighted by molar-refractivity contribution is 0.0738. The van der Waals surface area contributed by atoms with Crippen LogP contribution in [0.15, 0.2) is 36.4 Å². The number of rotatable bonds is 2. The number of amides is 2. The van der Waals surface area contributed by atoms with Crippen molar-refractivity contribution in [3.05, 3.63) is 59.2 Å². The molecule has 0 unspecified atom stereocenters. The standard InChI is InChI=1S/C20H18F2N2O4/c21-15-3-1-11(5-17(15)25)19(27)23-7-13-9-24(10-14(13)8-23)20(28)12-2-4-16(22)18(26)6-12/h1-6,13-14,25-26H,7-10H2. The van der Waals surface area contributed by atoms with Crippen molar-refractivity contribution in [3.8, 4) is 11.5 Å². The first-order valence-electron chi connectivity index (χ1n) is 8.89. The molecule has 0 aromatic heterocycles. The second-order valence-corrected chi connectivity index (χ2v) is 7.27. The van der Waals surface area contributed by atoms with Crippen molar-refractivity contribution in [2.24, 2.45) is 11.8 Å². The maximum absolute atomic E-state index is 13.2. The highest BCUT2D eigenvalue weighted by Crippen LogP contribution is 2.33. The molecule has 6 nitrogen and oxygen atoms in total. The van der Waals surface area contributed by atoms with Gasteiger partial charge in [-0.3, -0.25) is 9.59 Å². The molecule has 2 aliphatic rings. The Hall–Kier alpha value is -3.16. The molecule has 2 fully saturated rings. The quantitative estimate of drug-likeness (QED) is 0.827. The van der Waals surface area contributed by atoms with Gasteiger partial charge in [-0.15, -0.1) is 0 Å². The fourth-order valence-electron chi connectivity index (χ4n) is 3.98. The number of phenols is 2. The van der Waals surface area contributed by atoms with Crippen LogP contribution in [0.4, 0.5) is 8.78 Å². The molecule has 2 amide bonds. The number of phenolic OH excluding ortho intramolecular Hbond substituents is 2. The summed E-state index contributed by atoms with van der Waals surface area (Å²) in [6, 6.07) is 7.01. The number of carbonyl (C=O) groups is 2. The number of hydrogen-bond donors (Lipinski definition) is 2. The first-order valence-corrected chi connectivity index (χ1v) is 8.89. The molecule has 0 bridgehead atoms. The Labute approximate surface area is 159 Å². The summed E-state index contributed by atoms with van der Waals surface area (Å²) in [6.45, 7) is 1.83. The van der Waals surface area contributed by atoms with Gasteiger partial charge in [0, 0.05) is 49.1 Å². The van der Waals surface area contributed by atoms with Crippen molar-refractivity contribution < 1.29 is 28.6 Å². The number of halogens is 2. The monoisotopic (exact) mass is 388 g/mol. The lowest BCUT2D eigenvalue weighted by Crippen LogP contribution is -2.35. The molecule has 2 N–H and O–H groups in total. The van der Waals surface area contributed by atoms with Crippen molar-refractivity contribution >= 4 is 11.8 Å². The van der Waals surface area contributed by atoms with Crippen LogP contribution >= 0.6 is 0 Å².